The number of phenolic OH excluding ortho intramolecular Hbond substituents is 1. The molecular formula is C35H42N2O6S. The Balaban J connectivity index is 1.63. The van der Waals surface area contributed by atoms with E-state index in [1.807, 2.05) is 0 Å². The van der Waals surface area contributed by atoms with Gasteiger partial charge in [-0.15, -0.1) is 6.42 Å². The number of unbranched alkanes of at least 4 members (excludes halogenated alkanes) is 7. The van der Waals surface area contributed by atoms with Crippen LogP contribution in [0.25, 0.3) is 0 Å². The van der Waals surface area contributed by atoms with Gasteiger partial charge in [-0.3, -0.25) is 15.6 Å². The third kappa shape index (κ3) is 11.0. The zero-order valence-corrected chi connectivity index (χ0v) is 26.2. The van der Waals surface area contributed by atoms with Crippen molar-refractivity contribution in [2.24, 2.45) is 0 Å². The number of benzene rings is 3. The summed E-state index contributed by atoms with van der Waals surface area (Å²) in [6, 6.07) is 18.4. The van der Waals surface area contributed by atoms with Crippen molar-refractivity contribution in [2.75, 3.05) is 5.43 Å². The Labute approximate surface area is 261 Å². The average molecular weight is 619 g/mol. The first-order valence-electron chi connectivity index (χ1n) is 15.0. The average Bonchev–Trinajstić information content (AvgIpc) is 3.04. The number of hydrogen-bond donors (Lipinski definition) is 3. The van der Waals surface area contributed by atoms with Crippen molar-refractivity contribution >= 4 is 21.4 Å². The number of hydrogen-bond acceptors (Lipinski definition) is 7. The fourth-order valence-electron chi connectivity index (χ4n) is 4.35. The monoisotopic (exact) mass is 618 g/mol. The van der Waals surface area contributed by atoms with Crippen molar-refractivity contribution < 1.29 is 27.8 Å². The Hall–Kier alpha value is -4.42. The minimum absolute atomic E-state index is 0.0161. The topological polar surface area (TPSA) is 114 Å². The van der Waals surface area contributed by atoms with Crippen molar-refractivity contribution in [3.8, 4) is 29.6 Å². The summed E-state index contributed by atoms with van der Waals surface area (Å²) < 4.78 is 37.5. The van der Waals surface area contributed by atoms with Crippen molar-refractivity contribution in [3.05, 3.63) is 84.6 Å². The van der Waals surface area contributed by atoms with Crippen LogP contribution in [0.5, 0.6) is 17.2 Å². The highest BCUT2D eigenvalue weighted by molar-refractivity contribution is 7.91. The molecule has 9 heteroatoms. The Morgan fingerprint density at radius 3 is 2.00 bits per heavy atom. The molecule has 44 heavy (non-hydrogen) atoms. The third-order valence-electron chi connectivity index (χ3n) is 6.96. The minimum atomic E-state index is -3.78. The van der Waals surface area contributed by atoms with Gasteiger partial charge in [-0.25, -0.2) is 8.42 Å². The lowest BCUT2D eigenvalue weighted by Crippen LogP contribution is -2.41. The number of rotatable bonds is 18. The molecule has 0 aromatic heterocycles. The number of carbonyl (C=O) groups excluding carboxylic acids is 1. The standard InChI is InChI=1S/C35H42N2O6S/c1-4-6-7-8-9-10-11-12-13-34(35(39)37-36-28-14-18-30(19-15-28)42-26-27(3)5-2)43-31-20-24-33(25-21-31)44(40,41)32-22-16-29(38)17-23-32/h2,14-26,34,36,38H,4,6-13H2,1,3H3,(H,37,39). The molecule has 0 fully saturated rings. The molecule has 3 aromatic carbocycles. The van der Waals surface area contributed by atoms with Crippen LogP contribution in [0.15, 0.2) is 94.4 Å². The van der Waals surface area contributed by atoms with Crippen LogP contribution in [0.2, 0.25) is 0 Å². The lowest BCUT2D eigenvalue weighted by molar-refractivity contribution is -0.127. The van der Waals surface area contributed by atoms with Crippen molar-refractivity contribution in [2.45, 2.75) is 87.5 Å². The summed E-state index contributed by atoms with van der Waals surface area (Å²) >= 11 is 0. The summed E-state index contributed by atoms with van der Waals surface area (Å²) in [6.07, 6.45) is 15.6. The summed E-state index contributed by atoms with van der Waals surface area (Å²) in [5.74, 6) is 3.11. The van der Waals surface area contributed by atoms with E-state index in [2.05, 4.69) is 23.7 Å². The molecular weight excluding hydrogens is 576 g/mol. The first kappa shape index (κ1) is 34.1. The molecule has 0 heterocycles. The Bertz CT molecular complexity index is 1490. The second-order valence-corrected chi connectivity index (χ2v) is 12.5. The van der Waals surface area contributed by atoms with E-state index in [4.69, 9.17) is 15.9 Å². The van der Waals surface area contributed by atoms with Crippen LogP contribution < -0.4 is 20.3 Å². The maximum Gasteiger partial charge on any atom is 0.279 e. The zero-order chi connectivity index (χ0) is 31.8. The molecule has 1 unspecified atom stereocenters. The molecule has 0 saturated carbocycles. The van der Waals surface area contributed by atoms with Crippen LogP contribution in [0.1, 0.15) is 71.6 Å². The molecule has 234 valence electrons. The number of terminal acetylenes is 1. The highest BCUT2D eigenvalue weighted by atomic mass is 32.2. The number of phenols is 1. The largest absolute Gasteiger partial charge is 0.508 e. The van der Waals surface area contributed by atoms with Gasteiger partial charge in [0.15, 0.2) is 6.10 Å². The molecule has 0 aliphatic carbocycles. The zero-order valence-electron chi connectivity index (χ0n) is 25.4. The van der Waals surface area contributed by atoms with Crippen LogP contribution >= 0.6 is 0 Å². The fraction of sp³-hybridized carbons (Fsp3) is 0.343. The van der Waals surface area contributed by atoms with Gasteiger partial charge in [0, 0.05) is 5.57 Å². The molecule has 0 bridgehead atoms. The number of sulfone groups is 1. The molecule has 1 atom stereocenters. The molecule has 0 radical (unpaired) electrons. The Kier molecular flexibility index (Phi) is 13.7. The lowest BCUT2D eigenvalue weighted by Gasteiger charge is -2.20. The van der Waals surface area contributed by atoms with Gasteiger partial charge in [0.2, 0.25) is 9.84 Å². The first-order chi connectivity index (χ1) is 21.2. The molecule has 3 N–H and O–H groups in total. The van der Waals surface area contributed by atoms with Crippen molar-refractivity contribution in [1.29, 1.82) is 0 Å². The normalized spacial score (nSPS) is 12.2. The number of amides is 1. The van der Waals surface area contributed by atoms with Gasteiger partial charge in [0.25, 0.3) is 5.91 Å². The Morgan fingerprint density at radius 1 is 0.864 bits per heavy atom. The van der Waals surface area contributed by atoms with E-state index in [0.717, 1.165) is 19.3 Å². The first-order valence-corrected chi connectivity index (χ1v) is 16.5. The highest BCUT2D eigenvalue weighted by Crippen LogP contribution is 2.25. The number of nitrogens with one attached hydrogen (secondary N) is 2. The van der Waals surface area contributed by atoms with Gasteiger partial charge in [-0.05, 0) is 92.6 Å². The lowest BCUT2D eigenvalue weighted by atomic mass is 10.1. The van der Waals surface area contributed by atoms with E-state index < -0.39 is 15.9 Å². The second kappa shape index (κ2) is 17.6. The maximum atomic E-state index is 13.2. The van der Waals surface area contributed by atoms with E-state index >= 15 is 0 Å². The SMILES string of the molecule is C#CC(C)=COc1ccc(NNC(=O)C(CCCCCCCCCC)Oc2ccc(S(=O)(=O)c3ccc(O)cc3)cc2)cc1. The number of hydrazine groups is 1. The summed E-state index contributed by atoms with van der Waals surface area (Å²) in [6.45, 7) is 3.97. The summed E-state index contributed by atoms with van der Waals surface area (Å²) in [5, 5.41) is 9.49. The molecule has 0 spiro atoms. The highest BCUT2D eigenvalue weighted by Gasteiger charge is 2.22. The van der Waals surface area contributed by atoms with Crippen LogP contribution in [0.3, 0.4) is 0 Å². The quantitative estimate of drug-likeness (QED) is 0.0583. The second-order valence-electron chi connectivity index (χ2n) is 10.5. The minimum Gasteiger partial charge on any atom is -0.508 e. The van der Waals surface area contributed by atoms with E-state index in [0.29, 0.717) is 29.2 Å². The number of aromatic hydroxyl groups is 1. The third-order valence-corrected chi connectivity index (χ3v) is 8.74. The summed E-state index contributed by atoms with van der Waals surface area (Å²) in [4.78, 5) is 13.4. The molecule has 0 aliphatic rings. The fourth-order valence-corrected chi connectivity index (χ4v) is 5.61. The Morgan fingerprint density at radius 2 is 1.41 bits per heavy atom. The molecule has 0 saturated heterocycles. The van der Waals surface area contributed by atoms with Crippen LogP contribution in [0.4, 0.5) is 5.69 Å². The molecule has 1 amide bonds. The van der Waals surface area contributed by atoms with Crippen LogP contribution in [-0.2, 0) is 14.6 Å². The van der Waals surface area contributed by atoms with Gasteiger partial charge < -0.3 is 14.6 Å². The smallest absolute Gasteiger partial charge is 0.279 e. The van der Waals surface area contributed by atoms with Gasteiger partial charge in [-0.2, -0.15) is 0 Å². The number of anilines is 1. The van der Waals surface area contributed by atoms with E-state index in [1.165, 1.54) is 74.8 Å². The molecule has 0 aliphatic heterocycles. The maximum absolute atomic E-state index is 13.2. The van der Waals surface area contributed by atoms with Crippen molar-refractivity contribution in [3.63, 3.8) is 0 Å². The summed E-state index contributed by atoms with van der Waals surface area (Å²) in [7, 11) is -3.78. The number of ether oxygens (including phenoxy) is 2. The van der Waals surface area contributed by atoms with Gasteiger partial charge >= 0.3 is 0 Å². The van der Waals surface area contributed by atoms with E-state index in [-0.39, 0.29) is 21.4 Å². The molecule has 3 rings (SSSR count). The molecule has 3 aromatic rings. The number of carbonyl (C=O) groups is 1. The number of allylic oxidation sites excluding steroid dienone is 1. The van der Waals surface area contributed by atoms with E-state index in [9.17, 15) is 18.3 Å². The predicted octanol–water partition coefficient (Wildman–Crippen LogP) is 7.56. The van der Waals surface area contributed by atoms with Gasteiger partial charge in [0.05, 0.1) is 15.5 Å². The molecule has 8 nitrogen and oxygen atoms in total. The van der Waals surface area contributed by atoms with Crippen LogP contribution in [-0.4, -0.2) is 25.5 Å². The summed E-state index contributed by atoms with van der Waals surface area (Å²) in [5.41, 5.74) is 6.95. The van der Waals surface area contributed by atoms with Gasteiger partial charge in [-0.1, -0.05) is 57.8 Å². The van der Waals surface area contributed by atoms with Crippen molar-refractivity contribution in [1.82, 2.24) is 5.43 Å². The van der Waals surface area contributed by atoms with Crippen LogP contribution in [0, 0.1) is 12.3 Å². The van der Waals surface area contributed by atoms with E-state index in [1.54, 1.807) is 43.3 Å². The predicted molar refractivity (Wildman–Crippen MR) is 173 cm³/mol. The van der Waals surface area contributed by atoms with Gasteiger partial charge in [0.1, 0.15) is 23.5 Å².